The number of alkyl halides is 3. The van der Waals surface area contributed by atoms with E-state index >= 15 is 0 Å². The minimum Gasteiger partial charge on any atom is -0.406 e. The minimum atomic E-state index is -4.73. The van der Waals surface area contributed by atoms with Crippen LogP contribution >= 0.6 is 0 Å². The van der Waals surface area contributed by atoms with E-state index in [2.05, 4.69) is 20.1 Å². The molecule has 1 aliphatic carbocycles. The third kappa shape index (κ3) is 4.15. The summed E-state index contributed by atoms with van der Waals surface area (Å²) >= 11 is 0. The molecule has 1 aliphatic rings. The SMILES string of the molecule is FC(F)(F)Oc1cccc(-c2cnn3ccc(NC4CCCCC4)nc23)c1. The van der Waals surface area contributed by atoms with Crippen molar-refractivity contribution in [2.45, 2.75) is 44.5 Å². The third-order valence-electron chi connectivity index (χ3n) is 4.70. The van der Waals surface area contributed by atoms with Crippen LogP contribution in [0.1, 0.15) is 32.1 Å². The molecule has 3 aromatic rings. The zero-order valence-electron chi connectivity index (χ0n) is 14.5. The Balaban J connectivity index is 1.64. The highest BCUT2D eigenvalue weighted by molar-refractivity contribution is 5.78. The molecule has 4 rings (SSSR count). The highest BCUT2D eigenvalue weighted by atomic mass is 19.4. The topological polar surface area (TPSA) is 51.5 Å². The van der Waals surface area contributed by atoms with Gasteiger partial charge in [0.2, 0.25) is 0 Å². The summed E-state index contributed by atoms with van der Waals surface area (Å²) in [5.41, 5.74) is 1.80. The van der Waals surface area contributed by atoms with Crippen LogP contribution in [0.5, 0.6) is 5.75 Å². The number of ether oxygens (including phenoxy) is 1. The van der Waals surface area contributed by atoms with Crippen LogP contribution in [0.3, 0.4) is 0 Å². The van der Waals surface area contributed by atoms with Gasteiger partial charge in [-0.25, -0.2) is 9.50 Å². The van der Waals surface area contributed by atoms with Gasteiger partial charge in [0, 0.05) is 17.8 Å². The maximum absolute atomic E-state index is 12.5. The summed E-state index contributed by atoms with van der Waals surface area (Å²) in [5, 5.41) is 7.71. The fourth-order valence-electron chi connectivity index (χ4n) is 3.47. The lowest BCUT2D eigenvalue weighted by Crippen LogP contribution is -2.22. The average molecular weight is 376 g/mol. The van der Waals surface area contributed by atoms with E-state index in [1.54, 1.807) is 23.0 Å². The number of nitrogens with zero attached hydrogens (tertiary/aromatic N) is 3. The standard InChI is InChI=1S/C19H19F3N4O/c20-19(21,22)27-15-8-4-5-13(11-15)16-12-23-26-10-9-17(25-18(16)26)24-14-6-2-1-3-7-14/h4-5,8-12,14H,1-3,6-7H2,(H,24,25). The Morgan fingerprint density at radius 2 is 1.93 bits per heavy atom. The molecule has 0 unspecified atom stereocenters. The molecule has 5 nitrogen and oxygen atoms in total. The number of hydrogen-bond acceptors (Lipinski definition) is 4. The Morgan fingerprint density at radius 1 is 1.11 bits per heavy atom. The van der Waals surface area contributed by atoms with Gasteiger partial charge in [0.15, 0.2) is 5.65 Å². The molecule has 1 saturated carbocycles. The van der Waals surface area contributed by atoms with Crippen LogP contribution in [0, 0.1) is 0 Å². The van der Waals surface area contributed by atoms with Crippen molar-refractivity contribution >= 4 is 11.5 Å². The molecule has 0 radical (unpaired) electrons. The van der Waals surface area contributed by atoms with Gasteiger partial charge in [0.05, 0.1) is 6.20 Å². The first kappa shape index (κ1) is 17.6. The van der Waals surface area contributed by atoms with Gasteiger partial charge in [-0.1, -0.05) is 31.4 Å². The van der Waals surface area contributed by atoms with Crippen LogP contribution in [0.15, 0.2) is 42.7 Å². The summed E-state index contributed by atoms with van der Waals surface area (Å²) in [6, 6.07) is 8.11. The summed E-state index contributed by atoms with van der Waals surface area (Å²) < 4.78 is 43.1. The van der Waals surface area contributed by atoms with Gasteiger partial charge in [-0.2, -0.15) is 5.10 Å². The lowest BCUT2D eigenvalue weighted by molar-refractivity contribution is -0.274. The summed E-state index contributed by atoms with van der Waals surface area (Å²) in [6.45, 7) is 0. The smallest absolute Gasteiger partial charge is 0.406 e. The van der Waals surface area contributed by atoms with E-state index in [0.717, 1.165) is 18.7 Å². The van der Waals surface area contributed by atoms with E-state index in [1.807, 2.05) is 6.07 Å². The Hall–Kier alpha value is -2.77. The van der Waals surface area contributed by atoms with Crippen molar-refractivity contribution in [2.75, 3.05) is 5.32 Å². The molecule has 142 valence electrons. The zero-order valence-corrected chi connectivity index (χ0v) is 14.5. The van der Waals surface area contributed by atoms with E-state index in [4.69, 9.17) is 0 Å². The number of nitrogens with one attached hydrogen (secondary N) is 1. The number of hydrogen-bond donors (Lipinski definition) is 1. The number of benzene rings is 1. The fraction of sp³-hybridized carbons (Fsp3) is 0.368. The number of halogens is 3. The Kier molecular flexibility index (Phi) is 4.63. The summed E-state index contributed by atoms with van der Waals surface area (Å²) in [7, 11) is 0. The maximum Gasteiger partial charge on any atom is 0.573 e. The number of anilines is 1. The van der Waals surface area contributed by atoms with Gasteiger partial charge in [0.25, 0.3) is 0 Å². The van der Waals surface area contributed by atoms with Gasteiger partial charge >= 0.3 is 6.36 Å². The largest absolute Gasteiger partial charge is 0.573 e. The van der Waals surface area contributed by atoms with E-state index in [1.165, 1.54) is 37.5 Å². The molecule has 8 heteroatoms. The van der Waals surface area contributed by atoms with E-state index in [0.29, 0.717) is 22.8 Å². The highest BCUT2D eigenvalue weighted by Crippen LogP contribution is 2.30. The number of rotatable bonds is 4. The Labute approximate surface area is 154 Å². The van der Waals surface area contributed by atoms with Crippen molar-refractivity contribution < 1.29 is 17.9 Å². The predicted molar refractivity (Wildman–Crippen MR) is 95.6 cm³/mol. The van der Waals surface area contributed by atoms with Crippen LogP contribution < -0.4 is 10.1 Å². The zero-order chi connectivity index (χ0) is 18.9. The van der Waals surface area contributed by atoms with Gasteiger partial charge in [-0.05, 0) is 36.6 Å². The first-order valence-corrected chi connectivity index (χ1v) is 8.95. The molecule has 1 fully saturated rings. The van der Waals surface area contributed by atoms with E-state index in [-0.39, 0.29) is 5.75 Å². The summed E-state index contributed by atoms with van der Waals surface area (Å²) in [6.07, 6.45) is 4.61. The molecule has 0 amide bonds. The molecule has 0 spiro atoms. The van der Waals surface area contributed by atoms with Gasteiger partial charge in [-0.3, -0.25) is 0 Å². The lowest BCUT2D eigenvalue weighted by atomic mass is 9.95. The molecule has 0 bridgehead atoms. The van der Waals surface area contributed by atoms with Crippen molar-refractivity contribution in [3.8, 4) is 16.9 Å². The molecule has 1 aromatic carbocycles. The van der Waals surface area contributed by atoms with Crippen LogP contribution in [0.25, 0.3) is 16.8 Å². The van der Waals surface area contributed by atoms with Crippen LogP contribution in [-0.2, 0) is 0 Å². The minimum absolute atomic E-state index is 0.268. The van der Waals surface area contributed by atoms with Crippen molar-refractivity contribution in [2.24, 2.45) is 0 Å². The molecule has 27 heavy (non-hydrogen) atoms. The van der Waals surface area contributed by atoms with Crippen LogP contribution in [-0.4, -0.2) is 27.0 Å². The first-order chi connectivity index (χ1) is 13.0. The van der Waals surface area contributed by atoms with E-state index in [9.17, 15) is 13.2 Å². The average Bonchev–Trinajstić information content (AvgIpc) is 3.05. The second-order valence-electron chi connectivity index (χ2n) is 6.69. The molecule has 2 heterocycles. The molecule has 0 aliphatic heterocycles. The predicted octanol–water partition coefficient (Wildman–Crippen LogP) is 5.04. The van der Waals surface area contributed by atoms with Crippen molar-refractivity contribution in [3.63, 3.8) is 0 Å². The molecule has 1 N–H and O–H groups in total. The van der Waals surface area contributed by atoms with Crippen molar-refractivity contribution in [1.82, 2.24) is 14.6 Å². The van der Waals surface area contributed by atoms with Gasteiger partial charge < -0.3 is 10.1 Å². The Morgan fingerprint density at radius 3 is 2.70 bits per heavy atom. The van der Waals surface area contributed by atoms with Crippen LogP contribution in [0.2, 0.25) is 0 Å². The second kappa shape index (κ2) is 7.09. The monoisotopic (exact) mass is 376 g/mol. The number of fused-ring (bicyclic) bond motifs is 1. The third-order valence-corrected chi connectivity index (χ3v) is 4.70. The highest BCUT2D eigenvalue weighted by Gasteiger charge is 2.31. The normalized spacial score (nSPS) is 15.8. The summed E-state index contributed by atoms with van der Waals surface area (Å²) in [5.74, 6) is 0.481. The van der Waals surface area contributed by atoms with Gasteiger partial charge in [-0.15, -0.1) is 13.2 Å². The van der Waals surface area contributed by atoms with Gasteiger partial charge in [0.1, 0.15) is 11.6 Å². The summed E-state index contributed by atoms with van der Waals surface area (Å²) in [4.78, 5) is 4.64. The molecular weight excluding hydrogens is 357 g/mol. The second-order valence-corrected chi connectivity index (χ2v) is 6.69. The molecule has 2 aromatic heterocycles. The molecule has 0 saturated heterocycles. The van der Waals surface area contributed by atoms with Crippen molar-refractivity contribution in [3.05, 3.63) is 42.7 Å². The molecule has 0 atom stereocenters. The fourth-order valence-corrected chi connectivity index (χ4v) is 3.47. The van der Waals surface area contributed by atoms with E-state index < -0.39 is 6.36 Å². The number of aromatic nitrogens is 3. The first-order valence-electron chi connectivity index (χ1n) is 8.95. The quantitative estimate of drug-likeness (QED) is 0.693. The lowest BCUT2D eigenvalue weighted by Gasteiger charge is -2.23. The Bertz CT molecular complexity index is 932. The molecular formula is C19H19F3N4O. The maximum atomic E-state index is 12.5. The van der Waals surface area contributed by atoms with Crippen molar-refractivity contribution in [1.29, 1.82) is 0 Å². The van der Waals surface area contributed by atoms with Crippen LogP contribution in [0.4, 0.5) is 19.0 Å².